The van der Waals surface area contributed by atoms with E-state index in [9.17, 15) is 4.79 Å². The number of carbonyl (C=O) groups is 1. The van der Waals surface area contributed by atoms with Crippen molar-refractivity contribution in [3.05, 3.63) is 30.1 Å². The second-order valence-corrected chi connectivity index (χ2v) is 4.77. The Morgan fingerprint density at radius 1 is 1.53 bits per heavy atom. The summed E-state index contributed by atoms with van der Waals surface area (Å²) in [6.07, 6.45) is 1.66. The Morgan fingerprint density at radius 2 is 2.35 bits per heavy atom. The molecule has 1 unspecified atom stereocenters. The number of rotatable bonds is 2. The van der Waals surface area contributed by atoms with Gasteiger partial charge >= 0.3 is 0 Å². The SMILES string of the molecule is CC(C)C1CN(C(=O)c2ccccn2)CCN1. The van der Waals surface area contributed by atoms with Crippen molar-refractivity contribution in [1.29, 1.82) is 0 Å². The maximum atomic E-state index is 12.2. The standard InChI is InChI=1S/C13H19N3O/c1-10(2)12-9-16(8-7-15-12)13(17)11-5-3-4-6-14-11/h3-6,10,12,15H,7-9H2,1-2H3. The number of pyridine rings is 1. The summed E-state index contributed by atoms with van der Waals surface area (Å²) in [5.74, 6) is 0.576. The Balaban J connectivity index is 2.05. The molecule has 1 aromatic heterocycles. The predicted molar refractivity (Wildman–Crippen MR) is 66.8 cm³/mol. The summed E-state index contributed by atoms with van der Waals surface area (Å²) in [6, 6.07) is 5.83. The zero-order chi connectivity index (χ0) is 12.3. The van der Waals surface area contributed by atoms with E-state index in [-0.39, 0.29) is 5.91 Å². The fourth-order valence-corrected chi connectivity index (χ4v) is 2.06. The summed E-state index contributed by atoms with van der Waals surface area (Å²) in [4.78, 5) is 18.2. The number of hydrogen-bond acceptors (Lipinski definition) is 3. The van der Waals surface area contributed by atoms with Gasteiger partial charge in [-0.1, -0.05) is 19.9 Å². The van der Waals surface area contributed by atoms with Crippen LogP contribution in [0.1, 0.15) is 24.3 Å². The van der Waals surface area contributed by atoms with Crippen molar-refractivity contribution in [2.24, 2.45) is 5.92 Å². The molecule has 1 atom stereocenters. The van der Waals surface area contributed by atoms with E-state index in [2.05, 4.69) is 24.1 Å². The van der Waals surface area contributed by atoms with Crippen molar-refractivity contribution >= 4 is 5.91 Å². The Bertz CT molecular complexity index is 378. The van der Waals surface area contributed by atoms with E-state index in [1.807, 2.05) is 17.0 Å². The largest absolute Gasteiger partial charge is 0.334 e. The highest BCUT2D eigenvalue weighted by Crippen LogP contribution is 2.10. The van der Waals surface area contributed by atoms with Crippen molar-refractivity contribution in [3.63, 3.8) is 0 Å². The summed E-state index contributed by atoms with van der Waals surface area (Å²) >= 11 is 0. The van der Waals surface area contributed by atoms with E-state index in [0.29, 0.717) is 17.7 Å². The third-order valence-electron chi connectivity index (χ3n) is 3.18. The van der Waals surface area contributed by atoms with Crippen LogP contribution in [0, 0.1) is 5.92 Å². The van der Waals surface area contributed by atoms with Crippen molar-refractivity contribution in [2.75, 3.05) is 19.6 Å². The smallest absolute Gasteiger partial charge is 0.272 e. The monoisotopic (exact) mass is 233 g/mol. The van der Waals surface area contributed by atoms with Crippen LogP contribution in [0.3, 0.4) is 0 Å². The van der Waals surface area contributed by atoms with Gasteiger partial charge in [0.1, 0.15) is 5.69 Å². The van der Waals surface area contributed by atoms with E-state index in [1.54, 1.807) is 12.3 Å². The van der Waals surface area contributed by atoms with Crippen LogP contribution in [0.25, 0.3) is 0 Å². The highest BCUT2D eigenvalue weighted by molar-refractivity contribution is 5.92. The van der Waals surface area contributed by atoms with Gasteiger partial charge in [-0.25, -0.2) is 0 Å². The molecule has 0 aliphatic carbocycles. The second-order valence-electron chi connectivity index (χ2n) is 4.77. The molecule has 1 aliphatic rings. The van der Waals surface area contributed by atoms with Gasteiger partial charge in [0.25, 0.3) is 5.91 Å². The van der Waals surface area contributed by atoms with Crippen LogP contribution in [-0.4, -0.2) is 41.5 Å². The highest BCUT2D eigenvalue weighted by atomic mass is 16.2. The molecule has 4 nitrogen and oxygen atoms in total. The van der Waals surface area contributed by atoms with Gasteiger partial charge < -0.3 is 10.2 Å². The van der Waals surface area contributed by atoms with E-state index in [1.165, 1.54) is 0 Å². The fraction of sp³-hybridized carbons (Fsp3) is 0.538. The first-order chi connectivity index (χ1) is 8.18. The number of piperazine rings is 1. The fourth-order valence-electron chi connectivity index (χ4n) is 2.06. The molecule has 92 valence electrons. The minimum atomic E-state index is 0.0396. The summed E-state index contributed by atoms with van der Waals surface area (Å²) in [6.45, 7) is 6.74. The molecule has 0 radical (unpaired) electrons. The maximum absolute atomic E-state index is 12.2. The van der Waals surface area contributed by atoms with Crippen LogP contribution in [0.5, 0.6) is 0 Å². The third-order valence-corrected chi connectivity index (χ3v) is 3.18. The molecule has 0 saturated carbocycles. The third kappa shape index (κ3) is 2.82. The maximum Gasteiger partial charge on any atom is 0.272 e. The first-order valence-electron chi connectivity index (χ1n) is 6.12. The molecule has 1 N–H and O–H groups in total. The minimum Gasteiger partial charge on any atom is -0.334 e. The zero-order valence-electron chi connectivity index (χ0n) is 10.4. The summed E-state index contributed by atoms with van der Waals surface area (Å²) in [5, 5.41) is 3.44. The van der Waals surface area contributed by atoms with Gasteiger partial charge in [-0.05, 0) is 18.1 Å². The molecule has 0 aromatic carbocycles. The number of nitrogens with zero attached hydrogens (tertiary/aromatic N) is 2. The molecule has 2 rings (SSSR count). The number of aromatic nitrogens is 1. The molecule has 2 heterocycles. The van der Waals surface area contributed by atoms with Gasteiger partial charge in [-0.3, -0.25) is 9.78 Å². The molecular formula is C13H19N3O. The summed E-state index contributed by atoms with van der Waals surface area (Å²) in [7, 11) is 0. The Morgan fingerprint density at radius 3 is 3.00 bits per heavy atom. The molecule has 0 bridgehead atoms. The normalized spacial score (nSPS) is 20.6. The van der Waals surface area contributed by atoms with Crippen LogP contribution in [-0.2, 0) is 0 Å². The van der Waals surface area contributed by atoms with Crippen LogP contribution in [0.2, 0.25) is 0 Å². The minimum absolute atomic E-state index is 0.0396. The van der Waals surface area contributed by atoms with Gasteiger partial charge in [-0.2, -0.15) is 0 Å². The average Bonchev–Trinajstić information content (AvgIpc) is 2.39. The first kappa shape index (κ1) is 12.0. The van der Waals surface area contributed by atoms with Crippen molar-refractivity contribution in [2.45, 2.75) is 19.9 Å². The molecule has 0 spiro atoms. The molecule has 1 saturated heterocycles. The van der Waals surface area contributed by atoms with E-state index >= 15 is 0 Å². The molecule has 1 fully saturated rings. The van der Waals surface area contributed by atoms with Gasteiger partial charge in [0.05, 0.1) is 0 Å². The Labute approximate surface area is 102 Å². The van der Waals surface area contributed by atoms with Crippen molar-refractivity contribution in [3.8, 4) is 0 Å². The first-order valence-corrected chi connectivity index (χ1v) is 6.12. The average molecular weight is 233 g/mol. The summed E-state index contributed by atoms with van der Waals surface area (Å²) < 4.78 is 0. The molecule has 1 aliphatic heterocycles. The van der Waals surface area contributed by atoms with Gasteiger partial charge in [0, 0.05) is 31.9 Å². The molecule has 1 amide bonds. The van der Waals surface area contributed by atoms with Gasteiger partial charge in [0.15, 0.2) is 0 Å². The number of hydrogen-bond donors (Lipinski definition) is 1. The molecular weight excluding hydrogens is 214 g/mol. The predicted octanol–water partition coefficient (Wildman–Crippen LogP) is 1.15. The van der Waals surface area contributed by atoms with Gasteiger partial charge in [0.2, 0.25) is 0 Å². The molecule has 17 heavy (non-hydrogen) atoms. The number of nitrogens with one attached hydrogen (secondary N) is 1. The van der Waals surface area contributed by atoms with E-state index in [0.717, 1.165) is 19.6 Å². The Kier molecular flexibility index (Phi) is 3.74. The highest BCUT2D eigenvalue weighted by Gasteiger charge is 2.26. The topological polar surface area (TPSA) is 45.2 Å². The van der Waals surface area contributed by atoms with Gasteiger partial charge in [-0.15, -0.1) is 0 Å². The second kappa shape index (κ2) is 5.27. The Hall–Kier alpha value is -1.42. The van der Waals surface area contributed by atoms with Crippen molar-refractivity contribution < 1.29 is 4.79 Å². The quantitative estimate of drug-likeness (QED) is 0.833. The lowest BCUT2D eigenvalue weighted by Crippen LogP contribution is -2.54. The summed E-state index contributed by atoms with van der Waals surface area (Å²) in [5.41, 5.74) is 0.539. The van der Waals surface area contributed by atoms with E-state index < -0.39 is 0 Å². The zero-order valence-corrected chi connectivity index (χ0v) is 10.4. The van der Waals surface area contributed by atoms with E-state index in [4.69, 9.17) is 0 Å². The van der Waals surface area contributed by atoms with Crippen LogP contribution in [0.15, 0.2) is 24.4 Å². The number of carbonyl (C=O) groups excluding carboxylic acids is 1. The van der Waals surface area contributed by atoms with Crippen molar-refractivity contribution in [1.82, 2.24) is 15.2 Å². The van der Waals surface area contributed by atoms with Crippen LogP contribution >= 0.6 is 0 Å². The molecule has 1 aromatic rings. The lowest BCUT2D eigenvalue weighted by atomic mass is 10.0. The van der Waals surface area contributed by atoms with Crippen LogP contribution < -0.4 is 5.32 Å². The molecule has 4 heteroatoms. The lowest BCUT2D eigenvalue weighted by molar-refractivity contribution is 0.0678. The van der Waals surface area contributed by atoms with Crippen LogP contribution in [0.4, 0.5) is 0 Å². The lowest BCUT2D eigenvalue weighted by Gasteiger charge is -2.35. The number of amides is 1.